The van der Waals surface area contributed by atoms with Crippen LogP contribution in [0.3, 0.4) is 0 Å². The molecular weight excluding hydrogens is 895 g/mol. The largest absolute Gasteiger partial charge is 0.480 e. The topological polar surface area (TPSA) is 387 Å². The molecule has 8 amide bonds. The lowest BCUT2D eigenvalue weighted by Crippen LogP contribution is -2.61. The Bertz CT molecular complexity index is 1710. The SMILES string of the molecule is CC[C@H](C)[C@H](NC(=O)[C@H](CCCN=C(N)N)NC(=O)[C@H](C)NC(=O)CN)C(=O)N[C@@H](CC(C)C)C(=O)N[C@@H](CC(C)C)C(=O)N[C@@H](CC(C)C)C(=O)N[C@@H](CCCCN)C(=O)N[C@H](C(=O)O)C(C)C. The van der Waals surface area contributed by atoms with Gasteiger partial charge < -0.3 is 70.6 Å². The van der Waals surface area contributed by atoms with Gasteiger partial charge in [0.2, 0.25) is 47.3 Å². The summed E-state index contributed by atoms with van der Waals surface area (Å²) in [5.41, 5.74) is 22.0. The number of nitrogens with zero attached hydrogens (tertiary/aromatic N) is 1. The van der Waals surface area contributed by atoms with Gasteiger partial charge in [0, 0.05) is 6.54 Å². The maximum atomic E-state index is 14.2. The second-order valence-electron chi connectivity index (χ2n) is 19.4. The van der Waals surface area contributed by atoms with Crippen LogP contribution in [-0.2, 0) is 43.2 Å². The number of hydrogen-bond donors (Lipinski definition) is 13. The van der Waals surface area contributed by atoms with E-state index in [1.165, 1.54) is 6.92 Å². The van der Waals surface area contributed by atoms with E-state index in [2.05, 4.69) is 47.5 Å². The molecule has 0 bridgehead atoms. The fraction of sp³-hybridized carbons (Fsp3) is 0.783. The van der Waals surface area contributed by atoms with Crippen LogP contribution in [0.2, 0.25) is 0 Å². The van der Waals surface area contributed by atoms with E-state index >= 15 is 0 Å². The second-order valence-corrected chi connectivity index (χ2v) is 19.4. The van der Waals surface area contributed by atoms with Gasteiger partial charge in [-0.1, -0.05) is 75.7 Å². The molecule has 0 fully saturated rings. The van der Waals surface area contributed by atoms with Crippen LogP contribution in [0.1, 0.15) is 134 Å². The van der Waals surface area contributed by atoms with E-state index in [0.29, 0.717) is 25.8 Å². The van der Waals surface area contributed by atoms with Crippen molar-refractivity contribution in [1.82, 2.24) is 42.5 Å². The van der Waals surface area contributed by atoms with Crippen LogP contribution < -0.4 is 65.5 Å². The van der Waals surface area contributed by atoms with Gasteiger partial charge in [0.1, 0.15) is 48.3 Å². The molecule has 0 aliphatic heterocycles. The summed E-state index contributed by atoms with van der Waals surface area (Å²) in [6.07, 6.45) is 2.31. The predicted molar refractivity (Wildman–Crippen MR) is 263 cm³/mol. The molecule has 0 unspecified atom stereocenters. The third-order valence-corrected chi connectivity index (χ3v) is 11.2. The number of unbranched alkanes of at least 4 members (excludes halogenated alkanes) is 1. The van der Waals surface area contributed by atoms with Crippen molar-refractivity contribution in [1.29, 1.82) is 0 Å². The van der Waals surface area contributed by atoms with Gasteiger partial charge in [-0.15, -0.1) is 0 Å². The Morgan fingerprint density at radius 3 is 1.26 bits per heavy atom. The quantitative estimate of drug-likeness (QED) is 0.0208. The lowest BCUT2D eigenvalue weighted by molar-refractivity contribution is -0.143. The number of carboxylic acids is 1. The molecule has 0 aliphatic rings. The van der Waals surface area contributed by atoms with Crippen LogP contribution in [0.4, 0.5) is 0 Å². The first-order valence-electron chi connectivity index (χ1n) is 24.3. The number of aliphatic imine (C=N–C) groups is 1. The highest BCUT2D eigenvalue weighted by Crippen LogP contribution is 2.15. The lowest BCUT2D eigenvalue weighted by Gasteiger charge is -2.30. The first kappa shape index (κ1) is 63.4. The lowest BCUT2D eigenvalue weighted by atomic mass is 9.95. The summed E-state index contributed by atoms with van der Waals surface area (Å²) in [7, 11) is 0. The number of carbonyl (C=O) groups excluding carboxylic acids is 8. The average molecular weight is 982 g/mol. The van der Waals surface area contributed by atoms with Crippen molar-refractivity contribution >= 4 is 59.2 Å². The van der Waals surface area contributed by atoms with Crippen molar-refractivity contribution in [2.24, 2.45) is 57.5 Å². The third kappa shape index (κ3) is 25.6. The van der Waals surface area contributed by atoms with Gasteiger partial charge in [0.25, 0.3) is 0 Å². The van der Waals surface area contributed by atoms with Crippen molar-refractivity contribution in [2.45, 2.75) is 182 Å². The zero-order valence-electron chi connectivity index (χ0n) is 42.9. The standard InChI is InChI=1S/C46H87N13O10/c1-12-28(10)37(59-40(63)31(17-15-19-51-46(49)50)53-38(61)29(11)52-35(60)23-48)44(67)57-34(22-26(6)7)43(66)56-33(21-25(4)5)42(65)55-32(20-24(2)3)41(64)54-30(16-13-14-18-47)39(62)58-36(27(8)9)45(68)69/h24-34,36-37H,12-23,47-48H2,1-11H3,(H,52,60)(H,53,61)(H,54,64)(H,55,65)(H,56,66)(H,57,67)(H,58,62)(H,59,63)(H,68,69)(H4,49,50,51)/t28-,29-,30-,31-,32-,33-,34-,36-,37-/m0/s1. The van der Waals surface area contributed by atoms with Gasteiger partial charge in [0.15, 0.2) is 5.96 Å². The van der Waals surface area contributed by atoms with Gasteiger partial charge in [-0.05, 0) is 94.4 Å². The summed E-state index contributed by atoms with van der Waals surface area (Å²) in [5.74, 6) is -8.12. The molecule has 0 saturated carbocycles. The van der Waals surface area contributed by atoms with E-state index in [0.717, 1.165) is 0 Å². The predicted octanol–water partition coefficient (Wildman–Crippen LogP) is -1.05. The maximum Gasteiger partial charge on any atom is 0.326 e. The minimum atomic E-state index is -1.23. The molecule has 0 aromatic rings. The van der Waals surface area contributed by atoms with E-state index in [1.807, 2.05) is 48.5 Å². The highest BCUT2D eigenvalue weighted by atomic mass is 16.4. The maximum absolute atomic E-state index is 14.2. The number of nitrogens with one attached hydrogen (secondary N) is 8. The highest BCUT2D eigenvalue weighted by Gasteiger charge is 2.36. The molecule has 396 valence electrons. The van der Waals surface area contributed by atoms with Crippen LogP contribution in [0.5, 0.6) is 0 Å². The van der Waals surface area contributed by atoms with Crippen LogP contribution >= 0.6 is 0 Å². The number of carboxylic acid groups (broad SMARTS) is 1. The summed E-state index contributed by atoms with van der Waals surface area (Å²) >= 11 is 0. The van der Waals surface area contributed by atoms with Crippen molar-refractivity contribution in [3.63, 3.8) is 0 Å². The highest BCUT2D eigenvalue weighted by molar-refractivity contribution is 5.98. The summed E-state index contributed by atoms with van der Waals surface area (Å²) in [6, 6.07) is -9.30. The molecule has 0 aliphatic carbocycles. The minimum Gasteiger partial charge on any atom is -0.480 e. The van der Waals surface area contributed by atoms with Crippen molar-refractivity contribution in [3.8, 4) is 0 Å². The normalized spacial score (nSPS) is 15.3. The Morgan fingerprint density at radius 1 is 0.493 bits per heavy atom. The fourth-order valence-electron chi connectivity index (χ4n) is 7.11. The van der Waals surface area contributed by atoms with E-state index in [-0.39, 0.29) is 75.3 Å². The first-order chi connectivity index (χ1) is 32.2. The average Bonchev–Trinajstić information content (AvgIpc) is 3.25. The number of amides is 8. The molecule has 0 spiro atoms. The van der Waals surface area contributed by atoms with Crippen molar-refractivity contribution in [2.75, 3.05) is 19.6 Å². The summed E-state index contributed by atoms with van der Waals surface area (Å²) in [5, 5.41) is 31.1. The molecule has 0 saturated heterocycles. The molecule has 0 rings (SSSR count). The Labute approximate surface area is 408 Å². The Kier molecular flexibility index (Phi) is 30.4. The fourth-order valence-corrected chi connectivity index (χ4v) is 7.11. The number of rotatable bonds is 34. The van der Waals surface area contributed by atoms with E-state index in [9.17, 15) is 48.3 Å². The molecule has 0 aromatic heterocycles. The van der Waals surface area contributed by atoms with Gasteiger partial charge in [-0.2, -0.15) is 0 Å². The Morgan fingerprint density at radius 2 is 0.884 bits per heavy atom. The molecule has 9 atom stereocenters. The molecule has 17 N–H and O–H groups in total. The second kappa shape index (κ2) is 33.0. The van der Waals surface area contributed by atoms with Crippen LogP contribution in [0.25, 0.3) is 0 Å². The number of aliphatic carboxylic acids is 1. The number of nitrogens with two attached hydrogens (primary N) is 4. The minimum absolute atomic E-state index is 0.0499. The number of carbonyl (C=O) groups is 9. The number of guanidine groups is 1. The monoisotopic (exact) mass is 982 g/mol. The van der Waals surface area contributed by atoms with Gasteiger partial charge in [-0.25, -0.2) is 4.79 Å². The zero-order chi connectivity index (χ0) is 53.1. The van der Waals surface area contributed by atoms with Crippen LogP contribution in [0.15, 0.2) is 4.99 Å². The van der Waals surface area contributed by atoms with Crippen LogP contribution in [0, 0.1) is 29.6 Å². The van der Waals surface area contributed by atoms with Crippen molar-refractivity contribution in [3.05, 3.63) is 0 Å². The molecular formula is C46H87N13O10. The Balaban J connectivity index is 6.65. The molecule has 0 heterocycles. The summed E-state index contributed by atoms with van der Waals surface area (Å²) < 4.78 is 0. The molecule has 23 nitrogen and oxygen atoms in total. The third-order valence-electron chi connectivity index (χ3n) is 11.2. The van der Waals surface area contributed by atoms with Gasteiger partial charge in [0.05, 0.1) is 6.54 Å². The van der Waals surface area contributed by atoms with Crippen LogP contribution in [-0.4, -0.2) is 132 Å². The summed E-state index contributed by atoms with van der Waals surface area (Å²) in [6.45, 7) is 19.4. The Hall–Kier alpha value is -5.58. The van der Waals surface area contributed by atoms with E-state index in [4.69, 9.17) is 22.9 Å². The molecule has 69 heavy (non-hydrogen) atoms. The molecule has 0 aromatic carbocycles. The van der Waals surface area contributed by atoms with Gasteiger partial charge >= 0.3 is 5.97 Å². The molecule has 23 heteroatoms. The first-order valence-corrected chi connectivity index (χ1v) is 24.3. The smallest absolute Gasteiger partial charge is 0.326 e. The van der Waals surface area contributed by atoms with Gasteiger partial charge in [-0.3, -0.25) is 43.3 Å². The van der Waals surface area contributed by atoms with E-state index in [1.54, 1.807) is 20.8 Å². The number of hydrogen-bond acceptors (Lipinski definition) is 12. The van der Waals surface area contributed by atoms with Crippen molar-refractivity contribution < 1.29 is 48.3 Å². The summed E-state index contributed by atoms with van der Waals surface area (Å²) in [4.78, 5) is 125. The van der Waals surface area contributed by atoms with E-state index < -0.39 is 113 Å². The zero-order valence-corrected chi connectivity index (χ0v) is 42.9. The molecule has 0 radical (unpaired) electrons.